The molecule has 0 aliphatic heterocycles. The van der Waals surface area contributed by atoms with Gasteiger partial charge in [-0.05, 0) is 19.8 Å². The fourth-order valence-corrected chi connectivity index (χ4v) is 2.25. The Kier molecular flexibility index (Phi) is 4.39. The van der Waals surface area contributed by atoms with Gasteiger partial charge in [-0.2, -0.15) is 0 Å². The lowest BCUT2D eigenvalue weighted by Crippen LogP contribution is -2.07. The Morgan fingerprint density at radius 2 is 1.75 bits per heavy atom. The van der Waals surface area contributed by atoms with Crippen LogP contribution in [0.5, 0.6) is 0 Å². The second kappa shape index (κ2) is 5.37. The van der Waals surface area contributed by atoms with Gasteiger partial charge in [0.25, 0.3) is 0 Å². The van der Waals surface area contributed by atoms with Crippen molar-refractivity contribution < 1.29 is 0 Å². The molecule has 0 bridgehead atoms. The number of hydrogen-bond donors (Lipinski definition) is 1. The predicted octanol–water partition coefficient (Wildman–Crippen LogP) is 3.51. The summed E-state index contributed by atoms with van der Waals surface area (Å²) in [7, 11) is 0. The maximum Gasteiger partial charge on any atom is 0.127 e. The minimum atomic E-state index is 0.436. The first-order valence-electron chi connectivity index (χ1n) is 6.42. The normalized spacial score (nSPS) is 11.7. The summed E-state index contributed by atoms with van der Waals surface area (Å²) in [6, 6.07) is 0. The van der Waals surface area contributed by atoms with Gasteiger partial charge in [0, 0.05) is 18.4 Å². The molecule has 0 aliphatic carbocycles. The SMILES string of the molecule is CCC(CC)c1nc(C(C)C)n(CC)c1N. The van der Waals surface area contributed by atoms with Crippen molar-refractivity contribution in [1.29, 1.82) is 0 Å². The highest BCUT2D eigenvalue weighted by atomic mass is 15.1. The van der Waals surface area contributed by atoms with Crippen LogP contribution in [0.2, 0.25) is 0 Å². The van der Waals surface area contributed by atoms with Gasteiger partial charge in [-0.1, -0.05) is 27.7 Å². The number of imidazole rings is 1. The third kappa shape index (κ3) is 2.23. The van der Waals surface area contributed by atoms with Crippen LogP contribution >= 0.6 is 0 Å². The molecule has 0 fully saturated rings. The molecule has 0 spiro atoms. The van der Waals surface area contributed by atoms with Gasteiger partial charge in [0.05, 0.1) is 5.69 Å². The molecule has 0 aromatic carbocycles. The van der Waals surface area contributed by atoms with Crippen LogP contribution in [0.1, 0.15) is 70.8 Å². The minimum Gasteiger partial charge on any atom is -0.384 e. The van der Waals surface area contributed by atoms with E-state index in [0.717, 1.165) is 36.7 Å². The molecule has 1 aromatic rings. The van der Waals surface area contributed by atoms with E-state index in [1.807, 2.05) is 0 Å². The van der Waals surface area contributed by atoms with E-state index >= 15 is 0 Å². The van der Waals surface area contributed by atoms with Crippen molar-refractivity contribution in [3.05, 3.63) is 11.5 Å². The fourth-order valence-electron chi connectivity index (χ4n) is 2.25. The van der Waals surface area contributed by atoms with Gasteiger partial charge in [-0.3, -0.25) is 0 Å². The Bertz CT molecular complexity index is 335. The molecule has 0 aliphatic rings. The molecule has 0 saturated carbocycles. The van der Waals surface area contributed by atoms with Gasteiger partial charge in [-0.15, -0.1) is 0 Å². The molecule has 2 N–H and O–H groups in total. The van der Waals surface area contributed by atoms with Crippen LogP contribution in [0.3, 0.4) is 0 Å². The van der Waals surface area contributed by atoms with Crippen molar-refractivity contribution in [2.24, 2.45) is 0 Å². The summed E-state index contributed by atoms with van der Waals surface area (Å²) >= 11 is 0. The van der Waals surface area contributed by atoms with Crippen molar-refractivity contribution in [3.63, 3.8) is 0 Å². The fraction of sp³-hybridized carbons (Fsp3) is 0.769. The molecule has 0 amide bonds. The van der Waals surface area contributed by atoms with Gasteiger partial charge in [0.2, 0.25) is 0 Å². The first-order chi connectivity index (χ1) is 7.56. The van der Waals surface area contributed by atoms with E-state index in [4.69, 9.17) is 10.7 Å². The average molecular weight is 223 g/mol. The molecule has 3 heteroatoms. The van der Waals surface area contributed by atoms with E-state index in [1.165, 1.54) is 0 Å². The van der Waals surface area contributed by atoms with Crippen LogP contribution in [-0.2, 0) is 6.54 Å². The largest absolute Gasteiger partial charge is 0.384 e. The smallest absolute Gasteiger partial charge is 0.127 e. The highest BCUT2D eigenvalue weighted by Gasteiger charge is 2.20. The molecule has 16 heavy (non-hydrogen) atoms. The van der Waals surface area contributed by atoms with E-state index in [0.29, 0.717) is 11.8 Å². The molecule has 0 unspecified atom stereocenters. The summed E-state index contributed by atoms with van der Waals surface area (Å²) in [6.07, 6.45) is 2.22. The van der Waals surface area contributed by atoms with E-state index in [-0.39, 0.29) is 0 Å². The van der Waals surface area contributed by atoms with Crippen molar-refractivity contribution >= 4 is 5.82 Å². The van der Waals surface area contributed by atoms with Crippen LogP contribution in [-0.4, -0.2) is 9.55 Å². The van der Waals surface area contributed by atoms with Crippen LogP contribution in [0.4, 0.5) is 5.82 Å². The highest BCUT2D eigenvalue weighted by molar-refractivity contribution is 5.41. The first kappa shape index (κ1) is 13.1. The lowest BCUT2D eigenvalue weighted by Gasteiger charge is -2.11. The second-order valence-corrected chi connectivity index (χ2v) is 4.65. The van der Waals surface area contributed by atoms with E-state index in [9.17, 15) is 0 Å². The molecule has 0 saturated heterocycles. The summed E-state index contributed by atoms with van der Waals surface area (Å²) in [5.74, 6) is 2.94. The van der Waals surface area contributed by atoms with Crippen molar-refractivity contribution in [2.75, 3.05) is 5.73 Å². The lowest BCUT2D eigenvalue weighted by atomic mass is 9.99. The molecule has 1 aromatic heterocycles. The molecule has 0 atom stereocenters. The number of rotatable bonds is 5. The summed E-state index contributed by atoms with van der Waals surface area (Å²) in [6.45, 7) is 11.8. The zero-order chi connectivity index (χ0) is 12.3. The average Bonchev–Trinajstić information content (AvgIpc) is 2.58. The Labute approximate surface area is 99.1 Å². The van der Waals surface area contributed by atoms with Crippen molar-refractivity contribution in [3.8, 4) is 0 Å². The van der Waals surface area contributed by atoms with Crippen molar-refractivity contribution in [1.82, 2.24) is 9.55 Å². The molecular formula is C13H25N3. The van der Waals surface area contributed by atoms with Crippen molar-refractivity contribution in [2.45, 2.75) is 65.8 Å². The van der Waals surface area contributed by atoms with Gasteiger partial charge < -0.3 is 10.3 Å². The summed E-state index contributed by atoms with van der Waals surface area (Å²) in [5, 5.41) is 0. The monoisotopic (exact) mass is 223 g/mol. The predicted molar refractivity (Wildman–Crippen MR) is 69.7 cm³/mol. The third-order valence-electron chi connectivity index (χ3n) is 3.27. The second-order valence-electron chi connectivity index (χ2n) is 4.65. The van der Waals surface area contributed by atoms with Gasteiger partial charge in [0.15, 0.2) is 0 Å². The van der Waals surface area contributed by atoms with E-state index < -0.39 is 0 Å². The molecule has 1 rings (SSSR count). The number of nitrogen functional groups attached to an aromatic ring is 1. The van der Waals surface area contributed by atoms with Crippen LogP contribution < -0.4 is 5.73 Å². The topological polar surface area (TPSA) is 43.8 Å². The molecule has 1 heterocycles. The summed E-state index contributed by atoms with van der Waals surface area (Å²) < 4.78 is 2.15. The maximum atomic E-state index is 6.20. The van der Waals surface area contributed by atoms with E-state index in [1.54, 1.807) is 0 Å². The first-order valence-corrected chi connectivity index (χ1v) is 6.42. The number of nitrogens with zero attached hydrogens (tertiary/aromatic N) is 2. The number of aromatic nitrogens is 2. The quantitative estimate of drug-likeness (QED) is 0.830. The van der Waals surface area contributed by atoms with Gasteiger partial charge >= 0.3 is 0 Å². The number of hydrogen-bond acceptors (Lipinski definition) is 2. The summed E-state index contributed by atoms with van der Waals surface area (Å²) in [4.78, 5) is 4.76. The Morgan fingerprint density at radius 3 is 2.06 bits per heavy atom. The maximum absolute atomic E-state index is 6.20. The van der Waals surface area contributed by atoms with Gasteiger partial charge in [0.1, 0.15) is 11.6 Å². The molecular weight excluding hydrogens is 198 g/mol. The Hall–Kier alpha value is -0.990. The third-order valence-corrected chi connectivity index (χ3v) is 3.27. The lowest BCUT2D eigenvalue weighted by molar-refractivity contribution is 0.624. The zero-order valence-corrected chi connectivity index (χ0v) is 11.2. The number of anilines is 1. The standard InChI is InChI=1S/C13H25N3/c1-6-10(7-2)11-12(14)16(8-3)13(15-11)9(4)5/h9-10H,6-8,14H2,1-5H3. The highest BCUT2D eigenvalue weighted by Crippen LogP contribution is 2.30. The van der Waals surface area contributed by atoms with E-state index in [2.05, 4.69) is 39.2 Å². The minimum absolute atomic E-state index is 0.436. The van der Waals surface area contributed by atoms with Crippen LogP contribution in [0, 0.1) is 0 Å². The van der Waals surface area contributed by atoms with Crippen LogP contribution in [0.25, 0.3) is 0 Å². The molecule has 92 valence electrons. The Morgan fingerprint density at radius 1 is 1.19 bits per heavy atom. The number of nitrogens with two attached hydrogens (primary N) is 1. The van der Waals surface area contributed by atoms with Crippen LogP contribution in [0.15, 0.2) is 0 Å². The molecule has 0 radical (unpaired) electrons. The Balaban J connectivity index is 3.21. The zero-order valence-electron chi connectivity index (χ0n) is 11.2. The molecule has 3 nitrogen and oxygen atoms in total. The summed E-state index contributed by atoms with van der Waals surface area (Å²) in [5.41, 5.74) is 7.31. The van der Waals surface area contributed by atoms with Gasteiger partial charge in [-0.25, -0.2) is 4.98 Å².